The molecule has 2 aromatic rings. The maximum Gasteiger partial charge on any atom is 0.331 e. The maximum absolute atomic E-state index is 12.9. The van der Waals surface area contributed by atoms with Crippen molar-refractivity contribution in [1.82, 2.24) is 5.43 Å². The lowest BCUT2D eigenvalue weighted by atomic mass is 9.85. The van der Waals surface area contributed by atoms with E-state index < -0.39 is 17.9 Å². The zero-order valence-corrected chi connectivity index (χ0v) is 14.6. The lowest BCUT2D eigenvalue weighted by molar-refractivity contribution is -0.145. The maximum atomic E-state index is 12.9. The Hall–Kier alpha value is -3.15. The summed E-state index contributed by atoms with van der Waals surface area (Å²) < 4.78 is 10.3. The predicted octanol–water partition coefficient (Wildman–Crippen LogP) is 2.55. The number of nitrogens with one attached hydrogen (secondary N) is 1. The summed E-state index contributed by atoms with van der Waals surface area (Å²) in [5.74, 6) is -0.494. The fraction of sp³-hybridized carbons (Fsp3) is 0.250. The average molecular weight is 352 g/mol. The van der Waals surface area contributed by atoms with Crippen LogP contribution in [0, 0.1) is 0 Å². The number of esters is 1. The van der Waals surface area contributed by atoms with E-state index in [9.17, 15) is 9.59 Å². The molecule has 0 saturated carbocycles. The molecule has 6 heteroatoms. The zero-order valence-electron chi connectivity index (χ0n) is 14.6. The first kappa shape index (κ1) is 17.7. The van der Waals surface area contributed by atoms with Gasteiger partial charge in [-0.3, -0.25) is 10.2 Å². The van der Waals surface area contributed by atoms with E-state index in [-0.39, 0.29) is 12.4 Å². The Morgan fingerprint density at radius 3 is 2.38 bits per heavy atom. The molecule has 2 aromatic carbocycles. The molecule has 134 valence electrons. The zero-order chi connectivity index (χ0) is 18.5. The first-order valence-electron chi connectivity index (χ1n) is 8.39. The van der Waals surface area contributed by atoms with Gasteiger partial charge in [0.15, 0.2) is 6.04 Å². The summed E-state index contributed by atoms with van der Waals surface area (Å²) in [6.45, 7) is 2.00. The van der Waals surface area contributed by atoms with Gasteiger partial charge < -0.3 is 9.47 Å². The number of hydrazone groups is 1. The van der Waals surface area contributed by atoms with Crippen LogP contribution in [0.4, 0.5) is 0 Å². The van der Waals surface area contributed by atoms with Gasteiger partial charge in [-0.05, 0) is 24.6 Å². The number of Topliss-reactive ketones (excluding diaryl/α,β-unsaturated/α-hetero) is 1. The third-order valence-electron chi connectivity index (χ3n) is 4.24. The third kappa shape index (κ3) is 3.44. The number of hydrogen-bond acceptors (Lipinski definition) is 6. The summed E-state index contributed by atoms with van der Waals surface area (Å²) in [5.41, 5.74) is 4.38. The molecular weight excluding hydrogens is 332 g/mol. The quantitative estimate of drug-likeness (QED) is 0.639. The first-order valence-corrected chi connectivity index (χ1v) is 8.39. The molecule has 0 bridgehead atoms. The number of carbonyl (C=O) groups is 2. The highest BCUT2D eigenvalue weighted by Gasteiger charge is 2.42. The van der Waals surface area contributed by atoms with E-state index in [4.69, 9.17) is 9.47 Å². The highest BCUT2D eigenvalue weighted by Crippen LogP contribution is 2.29. The normalized spacial score (nSPS) is 18.6. The largest absolute Gasteiger partial charge is 0.497 e. The minimum absolute atomic E-state index is 0.217. The molecule has 0 fully saturated rings. The molecule has 3 rings (SSSR count). The predicted molar refractivity (Wildman–Crippen MR) is 97.5 cm³/mol. The van der Waals surface area contributed by atoms with Gasteiger partial charge in [-0.1, -0.05) is 42.5 Å². The van der Waals surface area contributed by atoms with E-state index in [1.54, 1.807) is 50.4 Å². The molecule has 2 atom stereocenters. The van der Waals surface area contributed by atoms with Crippen molar-refractivity contribution in [3.8, 4) is 5.75 Å². The Kier molecular flexibility index (Phi) is 5.31. The minimum Gasteiger partial charge on any atom is -0.497 e. The van der Waals surface area contributed by atoms with Gasteiger partial charge in [0.2, 0.25) is 5.78 Å². The lowest BCUT2D eigenvalue weighted by Gasteiger charge is -2.19. The lowest BCUT2D eigenvalue weighted by Crippen LogP contribution is -2.38. The monoisotopic (exact) mass is 352 g/mol. The molecule has 1 heterocycles. The van der Waals surface area contributed by atoms with Gasteiger partial charge in [0, 0.05) is 5.56 Å². The van der Waals surface area contributed by atoms with Crippen LogP contribution >= 0.6 is 0 Å². The molecule has 0 saturated heterocycles. The Morgan fingerprint density at radius 1 is 1.08 bits per heavy atom. The highest BCUT2D eigenvalue weighted by atomic mass is 16.5. The van der Waals surface area contributed by atoms with E-state index in [1.165, 1.54) is 0 Å². The number of nitrogens with zero attached hydrogens (tertiary/aromatic N) is 1. The van der Waals surface area contributed by atoms with Gasteiger partial charge >= 0.3 is 5.97 Å². The van der Waals surface area contributed by atoms with Crippen LogP contribution in [-0.4, -0.2) is 37.2 Å². The van der Waals surface area contributed by atoms with Crippen molar-refractivity contribution in [1.29, 1.82) is 0 Å². The van der Waals surface area contributed by atoms with E-state index in [2.05, 4.69) is 10.5 Å². The van der Waals surface area contributed by atoms with E-state index >= 15 is 0 Å². The van der Waals surface area contributed by atoms with Gasteiger partial charge in [0.1, 0.15) is 11.5 Å². The van der Waals surface area contributed by atoms with Crippen molar-refractivity contribution >= 4 is 17.5 Å². The minimum atomic E-state index is -0.744. The standard InChI is InChI=1S/C20H20N2O4/c1-3-26-20(24)18-16(13-9-11-15(25-2)12-10-13)17(21-22-18)19(23)14-7-5-4-6-8-14/h4-12,16,18,22H,3H2,1-2H3/t16-,18-/m0/s1. The third-order valence-corrected chi connectivity index (χ3v) is 4.24. The van der Waals surface area contributed by atoms with Crippen LogP contribution in [0.1, 0.15) is 28.8 Å². The number of methoxy groups -OCH3 is 1. The van der Waals surface area contributed by atoms with Crippen LogP contribution < -0.4 is 10.2 Å². The van der Waals surface area contributed by atoms with Crippen LogP contribution in [-0.2, 0) is 9.53 Å². The van der Waals surface area contributed by atoms with Crippen molar-refractivity contribution in [3.05, 3.63) is 65.7 Å². The summed E-state index contributed by atoms with van der Waals surface area (Å²) in [7, 11) is 1.58. The fourth-order valence-corrected chi connectivity index (χ4v) is 2.95. The number of carbonyl (C=O) groups excluding carboxylic acids is 2. The van der Waals surface area contributed by atoms with Crippen LogP contribution in [0.3, 0.4) is 0 Å². The van der Waals surface area contributed by atoms with Gasteiger partial charge in [0.05, 0.1) is 19.6 Å². The van der Waals surface area contributed by atoms with Crippen molar-refractivity contribution < 1.29 is 19.1 Å². The molecule has 1 N–H and O–H groups in total. The molecule has 6 nitrogen and oxygen atoms in total. The molecular formula is C20H20N2O4. The highest BCUT2D eigenvalue weighted by molar-refractivity contribution is 6.48. The Morgan fingerprint density at radius 2 is 1.77 bits per heavy atom. The number of ether oxygens (including phenoxy) is 2. The molecule has 0 aliphatic carbocycles. The molecule has 1 aliphatic rings. The van der Waals surface area contributed by atoms with Crippen LogP contribution in [0.2, 0.25) is 0 Å². The molecule has 0 spiro atoms. The van der Waals surface area contributed by atoms with Crippen LogP contribution in [0.5, 0.6) is 5.75 Å². The molecule has 0 radical (unpaired) electrons. The Labute approximate surface area is 151 Å². The molecule has 26 heavy (non-hydrogen) atoms. The Bertz CT molecular complexity index is 815. The second kappa shape index (κ2) is 7.82. The smallest absolute Gasteiger partial charge is 0.331 e. The second-order valence-corrected chi connectivity index (χ2v) is 5.80. The van der Waals surface area contributed by atoms with Crippen LogP contribution in [0.15, 0.2) is 59.7 Å². The fourth-order valence-electron chi connectivity index (χ4n) is 2.95. The summed E-state index contributed by atoms with van der Waals surface area (Å²) >= 11 is 0. The van der Waals surface area contributed by atoms with Crippen molar-refractivity contribution in [2.75, 3.05) is 13.7 Å². The van der Waals surface area contributed by atoms with Crippen molar-refractivity contribution in [2.24, 2.45) is 5.10 Å². The molecule has 0 unspecified atom stereocenters. The number of ketones is 1. The van der Waals surface area contributed by atoms with E-state index in [0.29, 0.717) is 17.0 Å². The van der Waals surface area contributed by atoms with Crippen LogP contribution in [0.25, 0.3) is 0 Å². The SMILES string of the molecule is CCOC(=O)[C@H]1NN=C(C(=O)c2ccccc2)[C@@H]1c1ccc(OC)cc1. The number of benzene rings is 2. The van der Waals surface area contributed by atoms with Gasteiger partial charge in [0.25, 0.3) is 0 Å². The average Bonchev–Trinajstić information content (AvgIpc) is 3.13. The van der Waals surface area contributed by atoms with Crippen molar-refractivity contribution in [3.63, 3.8) is 0 Å². The number of hydrogen-bond donors (Lipinski definition) is 1. The molecule has 0 amide bonds. The molecule has 1 aliphatic heterocycles. The Balaban J connectivity index is 1.96. The summed E-state index contributed by atoms with van der Waals surface area (Å²) in [4.78, 5) is 25.3. The second-order valence-electron chi connectivity index (χ2n) is 5.80. The molecule has 0 aromatic heterocycles. The van der Waals surface area contributed by atoms with Gasteiger partial charge in [-0.25, -0.2) is 4.79 Å². The summed E-state index contributed by atoms with van der Waals surface area (Å²) in [6, 6.07) is 15.4. The summed E-state index contributed by atoms with van der Waals surface area (Å²) in [6.07, 6.45) is 0. The first-order chi connectivity index (χ1) is 12.7. The van der Waals surface area contributed by atoms with E-state index in [0.717, 1.165) is 5.56 Å². The summed E-state index contributed by atoms with van der Waals surface area (Å²) in [5, 5.41) is 4.18. The van der Waals surface area contributed by atoms with Gasteiger partial charge in [-0.15, -0.1) is 0 Å². The van der Waals surface area contributed by atoms with Gasteiger partial charge in [-0.2, -0.15) is 5.10 Å². The van der Waals surface area contributed by atoms with Crippen molar-refractivity contribution in [2.45, 2.75) is 18.9 Å². The topological polar surface area (TPSA) is 77.0 Å². The van der Waals surface area contributed by atoms with E-state index in [1.807, 2.05) is 18.2 Å². The number of rotatable bonds is 6.